The summed E-state index contributed by atoms with van der Waals surface area (Å²) in [5.74, 6) is 1.07. The van der Waals surface area contributed by atoms with Gasteiger partial charge in [0, 0.05) is 29.1 Å². The number of aromatic nitrogens is 3. The maximum absolute atomic E-state index is 14.9. The van der Waals surface area contributed by atoms with Crippen LogP contribution in [0.3, 0.4) is 0 Å². The zero-order valence-electron chi connectivity index (χ0n) is 19.1. The van der Waals surface area contributed by atoms with Gasteiger partial charge >= 0.3 is 0 Å². The van der Waals surface area contributed by atoms with Crippen LogP contribution in [-0.4, -0.2) is 25.2 Å². The van der Waals surface area contributed by atoms with Crippen molar-refractivity contribution in [2.45, 2.75) is 43.6 Å². The van der Waals surface area contributed by atoms with Crippen molar-refractivity contribution in [1.29, 1.82) is 0 Å². The minimum absolute atomic E-state index is 0.236. The Bertz CT molecular complexity index is 1440. The van der Waals surface area contributed by atoms with Gasteiger partial charge < -0.3 is 15.6 Å². The Hall–Kier alpha value is -3.55. The molecule has 0 radical (unpaired) electrons. The zero-order chi connectivity index (χ0) is 23.8. The molecule has 0 atom stereocenters. The first-order valence-electron chi connectivity index (χ1n) is 12.0. The number of hydrogen-bond acceptors (Lipinski definition) is 5. The predicted molar refractivity (Wildman–Crippen MR) is 130 cm³/mol. The molecule has 4 aromatic rings. The van der Waals surface area contributed by atoms with Crippen molar-refractivity contribution >= 4 is 0 Å². The number of rotatable bonds is 4. The summed E-state index contributed by atoms with van der Waals surface area (Å²) in [5, 5.41) is 10.8. The second kappa shape index (κ2) is 7.23. The lowest BCUT2D eigenvalue weighted by Gasteiger charge is -2.52. The molecule has 2 aromatic heterocycles. The Labute approximate surface area is 202 Å². The van der Waals surface area contributed by atoms with Gasteiger partial charge in [-0.1, -0.05) is 30.3 Å². The number of aliphatic hydroxyl groups is 1. The van der Waals surface area contributed by atoms with Crippen LogP contribution in [0.5, 0.6) is 5.75 Å². The van der Waals surface area contributed by atoms with Gasteiger partial charge in [0.05, 0.1) is 22.6 Å². The number of pyridine rings is 1. The topological polar surface area (TPSA) is 86.2 Å². The molecule has 6 nitrogen and oxygen atoms in total. The Morgan fingerprint density at radius 1 is 1.00 bits per heavy atom. The van der Waals surface area contributed by atoms with Crippen molar-refractivity contribution in [2.24, 2.45) is 11.7 Å². The third-order valence-electron chi connectivity index (χ3n) is 7.78. The molecular formula is C28H25FN4O2. The maximum Gasteiger partial charge on any atom is 0.167 e. The molecular weight excluding hydrogens is 443 g/mol. The van der Waals surface area contributed by atoms with Gasteiger partial charge in [0.2, 0.25) is 0 Å². The fourth-order valence-corrected chi connectivity index (χ4v) is 5.86. The van der Waals surface area contributed by atoms with Gasteiger partial charge in [-0.15, -0.1) is 0 Å². The fourth-order valence-electron chi connectivity index (χ4n) is 5.86. The number of hydrogen-bond donors (Lipinski definition) is 2. The molecule has 176 valence electrons. The summed E-state index contributed by atoms with van der Waals surface area (Å²) in [6, 6.07) is 16.8. The first kappa shape index (κ1) is 20.8. The first-order valence-corrected chi connectivity index (χ1v) is 12.0. The molecule has 7 rings (SSSR count). The molecule has 2 aliphatic carbocycles. The highest BCUT2D eigenvalue weighted by Gasteiger charge is 2.58. The minimum atomic E-state index is -0.609. The number of halogens is 1. The van der Waals surface area contributed by atoms with Crippen LogP contribution in [-0.2, 0) is 12.3 Å². The molecule has 2 fully saturated rings. The Kier molecular flexibility index (Phi) is 4.29. The van der Waals surface area contributed by atoms with E-state index >= 15 is 0 Å². The second-order valence-electron chi connectivity index (χ2n) is 10.1. The van der Waals surface area contributed by atoms with E-state index in [1.54, 1.807) is 24.5 Å². The third kappa shape index (κ3) is 3.15. The van der Waals surface area contributed by atoms with Crippen LogP contribution in [0.15, 0.2) is 67.0 Å². The van der Waals surface area contributed by atoms with Crippen molar-refractivity contribution in [2.75, 3.05) is 0 Å². The Morgan fingerprint density at radius 2 is 1.74 bits per heavy atom. The van der Waals surface area contributed by atoms with Gasteiger partial charge in [-0.25, -0.2) is 9.37 Å². The Morgan fingerprint density at radius 3 is 2.46 bits per heavy atom. The highest BCUT2D eigenvalue weighted by molar-refractivity contribution is 5.83. The van der Waals surface area contributed by atoms with Crippen LogP contribution >= 0.6 is 0 Å². The molecule has 3 heterocycles. The number of nitrogens with zero attached hydrogens (tertiary/aromatic N) is 3. The number of fused-ring (bicyclic) bond motifs is 3. The van der Waals surface area contributed by atoms with Gasteiger partial charge in [0.1, 0.15) is 11.6 Å². The van der Waals surface area contributed by atoms with Crippen molar-refractivity contribution < 1.29 is 14.2 Å². The lowest BCUT2D eigenvalue weighted by Crippen LogP contribution is -2.60. The van der Waals surface area contributed by atoms with Crippen molar-refractivity contribution in [3.63, 3.8) is 0 Å². The van der Waals surface area contributed by atoms with Gasteiger partial charge in [-0.05, 0) is 61.4 Å². The summed E-state index contributed by atoms with van der Waals surface area (Å²) in [6.45, 7) is 0.236. The molecule has 3 aliphatic rings. The van der Waals surface area contributed by atoms with E-state index in [1.807, 2.05) is 41.0 Å². The van der Waals surface area contributed by atoms with Gasteiger partial charge in [-0.3, -0.25) is 9.55 Å². The largest absolute Gasteiger partial charge is 0.472 e. The van der Waals surface area contributed by atoms with Crippen LogP contribution < -0.4 is 10.5 Å². The van der Waals surface area contributed by atoms with Gasteiger partial charge in [0.25, 0.3) is 0 Å². The highest BCUT2D eigenvalue weighted by Crippen LogP contribution is 2.57. The molecule has 2 saturated carbocycles. The fraction of sp³-hybridized carbons (Fsp3) is 0.286. The maximum atomic E-state index is 14.9. The monoisotopic (exact) mass is 468 g/mol. The quantitative estimate of drug-likeness (QED) is 0.447. The van der Waals surface area contributed by atoms with Crippen molar-refractivity contribution in [1.82, 2.24) is 14.5 Å². The van der Waals surface area contributed by atoms with Crippen LogP contribution in [0.2, 0.25) is 0 Å². The van der Waals surface area contributed by atoms with E-state index in [0.29, 0.717) is 35.9 Å². The second-order valence-corrected chi connectivity index (χ2v) is 10.1. The number of ether oxygens (including phenoxy) is 1. The predicted octanol–water partition coefficient (Wildman–Crippen LogP) is 4.86. The molecule has 0 amide bonds. The molecule has 0 bridgehead atoms. The summed E-state index contributed by atoms with van der Waals surface area (Å²) >= 11 is 0. The molecule has 0 unspecified atom stereocenters. The minimum Gasteiger partial charge on any atom is -0.472 e. The summed E-state index contributed by atoms with van der Waals surface area (Å²) in [6.07, 6.45) is 6.85. The van der Waals surface area contributed by atoms with Gasteiger partial charge in [-0.2, -0.15) is 0 Å². The summed E-state index contributed by atoms with van der Waals surface area (Å²) in [4.78, 5) is 9.08. The lowest BCUT2D eigenvalue weighted by atomic mass is 9.60. The average Bonchev–Trinajstić information content (AvgIpc) is 3.64. The molecule has 7 heteroatoms. The van der Waals surface area contributed by atoms with E-state index in [1.165, 1.54) is 6.07 Å². The SMILES string of the molecule is N[C@]1(c2ccc(-c3nc4n(c3-c3ccncc3)COc3cccc(F)c3-4)cc2)C[C@](O)(C2CC2)C1. The normalized spacial score (nSPS) is 24.8. The van der Waals surface area contributed by atoms with E-state index in [9.17, 15) is 9.50 Å². The zero-order valence-corrected chi connectivity index (χ0v) is 19.1. The van der Waals surface area contributed by atoms with E-state index in [4.69, 9.17) is 15.5 Å². The summed E-state index contributed by atoms with van der Waals surface area (Å²) < 4.78 is 22.7. The number of imidazole rings is 1. The first-order chi connectivity index (χ1) is 17.0. The lowest BCUT2D eigenvalue weighted by molar-refractivity contribution is -0.106. The average molecular weight is 469 g/mol. The molecule has 35 heavy (non-hydrogen) atoms. The smallest absolute Gasteiger partial charge is 0.167 e. The van der Waals surface area contributed by atoms with E-state index in [0.717, 1.165) is 40.9 Å². The molecule has 1 aliphatic heterocycles. The Balaban J connectivity index is 1.32. The number of benzene rings is 2. The highest BCUT2D eigenvalue weighted by atomic mass is 19.1. The van der Waals surface area contributed by atoms with Gasteiger partial charge in [0.15, 0.2) is 12.6 Å². The molecule has 0 saturated heterocycles. The van der Waals surface area contributed by atoms with Crippen LogP contribution in [0.4, 0.5) is 4.39 Å². The van der Waals surface area contributed by atoms with Crippen LogP contribution in [0.25, 0.3) is 33.9 Å². The molecule has 2 aromatic carbocycles. The van der Waals surface area contributed by atoms with Crippen molar-refractivity contribution in [3.8, 4) is 39.7 Å². The molecule has 3 N–H and O–H groups in total. The van der Waals surface area contributed by atoms with Crippen LogP contribution in [0.1, 0.15) is 31.2 Å². The van der Waals surface area contributed by atoms with E-state index in [2.05, 4.69) is 4.98 Å². The van der Waals surface area contributed by atoms with Crippen LogP contribution in [0, 0.1) is 11.7 Å². The van der Waals surface area contributed by atoms with E-state index in [-0.39, 0.29) is 12.5 Å². The standard InChI is InChI=1S/C28H25FN4O2/c29-21-2-1-3-22-23(21)26-32-24(25(33(26)16-35-22)18-10-12-31-13-11-18)17-4-6-19(7-5-17)27(30)14-28(34,15-27)20-8-9-20/h1-7,10-13,20,34H,8-9,14-16,30H2/t27-,28-. The summed E-state index contributed by atoms with van der Waals surface area (Å²) in [7, 11) is 0. The number of nitrogens with two attached hydrogens (primary N) is 1. The van der Waals surface area contributed by atoms with Crippen molar-refractivity contribution in [3.05, 3.63) is 78.4 Å². The third-order valence-corrected chi connectivity index (χ3v) is 7.78. The summed E-state index contributed by atoms with van der Waals surface area (Å²) in [5.41, 5.74) is 10.4. The molecule has 0 spiro atoms. The van der Waals surface area contributed by atoms with E-state index < -0.39 is 11.1 Å².